The zero-order valence-electron chi connectivity index (χ0n) is 17.1. The molecule has 4 rings (SSSR count). The van der Waals surface area contributed by atoms with Gasteiger partial charge in [0.15, 0.2) is 0 Å². The normalized spacial score (nSPS) is 20.2. The first-order valence-corrected chi connectivity index (χ1v) is 11.6. The Kier molecular flexibility index (Phi) is 6.71. The highest BCUT2D eigenvalue weighted by Crippen LogP contribution is 2.28. The van der Waals surface area contributed by atoms with Crippen molar-refractivity contribution in [1.82, 2.24) is 25.0 Å². The number of piperidine rings is 1. The van der Waals surface area contributed by atoms with E-state index in [-0.39, 0.29) is 5.91 Å². The topological polar surface area (TPSA) is 74.2 Å². The maximum atomic E-state index is 12.7. The van der Waals surface area contributed by atoms with Crippen molar-refractivity contribution in [2.24, 2.45) is 0 Å². The Balaban J connectivity index is 1.35. The fourth-order valence-electron chi connectivity index (χ4n) is 4.17. The zero-order valence-corrected chi connectivity index (χ0v) is 18.0. The van der Waals surface area contributed by atoms with Gasteiger partial charge in [0.2, 0.25) is 11.0 Å². The first kappa shape index (κ1) is 20.2. The van der Waals surface area contributed by atoms with Crippen molar-refractivity contribution in [2.75, 3.05) is 38.0 Å². The molecular weight excluding hydrogens is 384 g/mol. The van der Waals surface area contributed by atoms with Crippen LogP contribution in [0.15, 0.2) is 18.2 Å². The van der Waals surface area contributed by atoms with Crippen molar-refractivity contribution in [2.45, 2.75) is 51.4 Å². The molecule has 0 aromatic carbocycles. The first-order valence-electron chi connectivity index (χ1n) is 10.8. The number of amides is 1. The minimum Gasteiger partial charge on any atom is -0.342 e. The number of anilines is 2. The highest BCUT2D eigenvalue weighted by Gasteiger charge is 2.26. The lowest BCUT2D eigenvalue weighted by Crippen LogP contribution is -2.40. The lowest BCUT2D eigenvalue weighted by atomic mass is 9.94. The van der Waals surface area contributed by atoms with Crippen LogP contribution in [0.25, 0.3) is 0 Å². The number of carbonyl (C=O) groups is 1. The second kappa shape index (κ2) is 9.63. The van der Waals surface area contributed by atoms with Gasteiger partial charge < -0.3 is 15.1 Å². The minimum atomic E-state index is 0.289. The number of aromatic nitrogens is 3. The summed E-state index contributed by atoms with van der Waals surface area (Å²) < 4.78 is 0. The van der Waals surface area contributed by atoms with Gasteiger partial charge >= 0.3 is 0 Å². The molecule has 0 aliphatic carbocycles. The van der Waals surface area contributed by atoms with Crippen molar-refractivity contribution in [3.8, 4) is 0 Å². The molecule has 7 nitrogen and oxygen atoms in total. The van der Waals surface area contributed by atoms with Crippen LogP contribution < -0.4 is 5.32 Å². The number of hydrogen-bond donors (Lipinski definition) is 1. The highest BCUT2D eigenvalue weighted by molar-refractivity contribution is 7.15. The molecule has 0 radical (unpaired) electrons. The van der Waals surface area contributed by atoms with Gasteiger partial charge in [-0.05, 0) is 57.3 Å². The lowest BCUT2D eigenvalue weighted by Gasteiger charge is -2.33. The van der Waals surface area contributed by atoms with E-state index in [2.05, 4.69) is 33.4 Å². The SMILES string of the molecule is CCc1nnc(Nc2cccc([C@@H]3CCCN(C(=O)CCN4CCCC4)C3)n2)s1. The molecule has 29 heavy (non-hydrogen) atoms. The number of nitrogens with one attached hydrogen (secondary N) is 1. The second-order valence-electron chi connectivity index (χ2n) is 7.90. The van der Waals surface area contributed by atoms with E-state index in [4.69, 9.17) is 4.98 Å². The van der Waals surface area contributed by atoms with E-state index < -0.39 is 0 Å². The Morgan fingerprint density at radius 1 is 1.21 bits per heavy atom. The molecule has 8 heteroatoms. The predicted molar refractivity (Wildman–Crippen MR) is 116 cm³/mol. The second-order valence-corrected chi connectivity index (χ2v) is 8.97. The van der Waals surface area contributed by atoms with Crippen molar-refractivity contribution in [1.29, 1.82) is 0 Å². The summed E-state index contributed by atoms with van der Waals surface area (Å²) >= 11 is 1.56. The van der Waals surface area contributed by atoms with Gasteiger partial charge in [-0.2, -0.15) is 0 Å². The van der Waals surface area contributed by atoms with Crippen molar-refractivity contribution >= 4 is 28.2 Å². The Bertz CT molecular complexity index is 819. The van der Waals surface area contributed by atoms with E-state index in [1.807, 2.05) is 17.0 Å². The Morgan fingerprint density at radius 3 is 2.86 bits per heavy atom. The van der Waals surface area contributed by atoms with Crippen LogP contribution in [0.5, 0.6) is 0 Å². The van der Waals surface area contributed by atoms with Crippen LogP contribution in [0.3, 0.4) is 0 Å². The molecule has 0 saturated carbocycles. The zero-order chi connectivity index (χ0) is 20.1. The van der Waals surface area contributed by atoms with Crippen LogP contribution in [0, 0.1) is 0 Å². The van der Waals surface area contributed by atoms with Crippen LogP contribution in [0.4, 0.5) is 10.9 Å². The average Bonchev–Trinajstić information content (AvgIpc) is 3.44. The number of hydrogen-bond acceptors (Lipinski definition) is 7. The minimum absolute atomic E-state index is 0.289. The lowest BCUT2D eigenvalue weighted by molar-refractivity contribution is -0.132. The summed E-state index contributed by atoms with van der Waals surface area (Å²) in [4.78, 5) is 22.0. The van der Waals surface area contributed by atoms with Crippen LogP contribution in [0.1, 0.15) is 55.6 Å². The largest absolute Gasteiger partial charge is 0.342 e. The van der Waals surface area contributed by atoms with Crippen LogP contribution >= 0.6 is 11.3 Å². The molecule has 156 valence electrons. The maximum Gasteiger partial charge on any atom is 0.223 e. The molecule has 2 saturated heterocycles. The van der Waals surface area contributed by atoms with Crippen LogP contribution in [-0.4, -0.2) is 63.6 Å². The van der Waals surface area contributed by atoms with Gasteiger partial charge in [0, 0.05) is 37.7 Å². The molecule has 1 amide bonds. The molecule has 0 spiro atoms. The van der Waals surface area contributed by atoms with Gasteiger partial charge in [-0.3, -0.25) is 4.79 Å². The molecule has 2 aliphatic heterocycles. The fraction of sp³-hybridized carbons (Fsp3) is 0.619. The highest BCUT2D eigenvalue weighted by atomic mass is 32.1. The molecule has 0 bridgehead atoms. The van der Waals surface area contributed by atoms with Crippen molar-refractivity contribution in [3.05, 3.63) is 28.9 Å². The molecule has 2 aliphatic rings. The number of carbonyl (C=O) groups excluding carboxylic acids is 1. The van der Waals surface area contributed by atoms with E-state index >= 15 is 0 Å². The van der Waals surface area contributed by atoms with E-state index in [1.54, 1.807) is 11.3 Å². The smallest absolute Gasteiger partial charge is 0.223 e. The molecular formula is C21H30N6OS. The Hall–Kier alpha value is -2.06. The summed E-state index contributed by atoms with van der Waals surface area (Å²) in [6.07, 6.45) is 6.18. The van der Waals surface area contributed by atoms with E-state index in [0.29, 0.717) is 12.3 Å². The van der Waals surface area contributed by atoms with Gasteiger partial charge in [0.05, 0.1) is 0 Å². The summed E-state index contributed by atoms with van der Waals surface area (Å²) in [6, 6.07) is 6.06. The fourth-order valence-corrected chi connectivity index (χ4v) is 4.85. The number of likely N-dealkylation sites (tertiary alicyclic amines) is 2. The van der Waals surface area contributed by atoms with E-state index in [1.165, 1.54) is 12.8 Å². The van der Waals surface area contributed by atoms with Gasteiger partial charge in [-0.15, -0.1) is 10.2 Å². The quantitative estimate of drug-likeness (QED) is 0.748. The molecule has 2 fully saturated rings. The van der Waals surface area contributed by atoms with Crippen LogP contribution in [0.2, 0.25) is 0 Å². The van der Waals surface area contributed by atoms with Crippen molar-refractivity contribution in [3.63, 3.8) is 0 Å². The van der Waals surface area contributed by atoms with Crippen LogP contribution in [-0.2, 0) is 11.2 Å². The van der Waals surface area contributed by atoms with E-state index in [9.17, 15) is 4.79 Å². The number of aryl methyl sites for hydroxylation is 1. The number of nitrogens with zero attached hydrogens (tertiary/aromatic N) is 5. The van der Waals surface area contributed by atoms with Gasteiger partial charge in [-0.25, -0.2) is 4.98 Å². The summed E-state index contributed by atoms with van der Waals surface area (Å²) in [5, 5.41) is 13.4. The summed E-state index contributed by atoms with van der Waals surface area (Å²) in [6.45, 7) is 6.91. The molecule has 1 atom stereocenters. The molecule has 2 aromatic heterocycles. The maximum absolute atomic E-state index is 12.7. The molecule has 0 unspecified atom stereocenters. The van der Waals surface area contributed by atoms with Gasteiger partial charge in [-0.1, -0.05) is 24.3 Å². The number of pyridine rings is 1. The Morgan fingerprint density at radius 2 is 2.07 bits per heavy atom. The first-order chi connectivity index (χ1) is 14.2. The third-order valence-corrected chi connectivity index (χ3v) is 6.79. The van der Waals surface area contributed by atoms with Gasteiger partial charge in [0.25, 0.3) is 0 Å². The summed E-state index contributed by atoms with van der Waals surface area (Å²) in [7, 11) is 0. The van der Waals surface area contributed by atoms with E-state index in [0.717, 1.165) is 73.6 Å². The third-order valence-electron chi connectivity index (χ3n) is 5.81. The summed E-state index contributed by atoms with van der Waals surface area (Å²) in [5.41, 5.74) is 1.05. The number of rotatable bonds is 7. The summed E-state index contributed by atoms with van der Waals surface area (Å²) in [5.74, 6) is 1.37. The van der Waals surface area contributed by atoms with Crippen molar-refractivity contribution < 1.29 is 4.79 Å². The monoisotopic (exact) mass is 414 g/mol. The average molecular weight is 415 g/mol. The Labute approximate surface area is 176 Å². The third kappa shape index (κ3) is 5.30. The predicted octanol–water partition coefficient (Wildman–Crippen LogP) is 3.43. The molecule has 2 aromatic rings. The molecule has 4 heterocycles. The molecule has 1 N–H and O–H groups in total. The standard InChI is InChI=1S/C21H30N6OS/c1-2-19-24-25-21(29-19)23-18-9-5-8-17(22-18)16-7-6-13-27(15-16)20(28)10-14-26-11-3-4-12-26/h5,8-9,16H,2-4,6-7,10-15H2,1H3,(H,22,23,25)/t16-/m1/s1. The van der Waals surface area contributed by atoms with Gasteiger partial charge in [0.1, 0.15) is 10.8 Å².